The van der Waals surface area contributed by atoms with Crippen molar-refractivity contribution in [3.05, 3.63) is 37.8 Å². The SMILES string of the molecule is COCCn1c(=O)c2c(nc(-n3nc(C)c(C)c3C)n2C(C)C)n(C)c1=O. The summed E-state index contributed by atoms with van der Waals surface area (Å²) in [6.07, 6.45) is 0. The van der Waals surface area contributed by atoms with Crippen molar-refractivity contribution in [2.24, 2.45) is 7.05 Å². The van der Waals surface area contributed by atoms with Gasteiger partial charge in [0.2, 0.25) is 5.95 Å². The van der Waals surface area contributed by atoms with Gasteiger partial charge in [-0.05, 0) is 40.2 Å². The maximum atomic E-state index is 13.1. The van der Waals surface area contributed by atoms with E-state index in [1.165, 1.54) is 16.2 Å². The largest absolute Gasteiger partial charge is 0.383 e. The number of nitrogens with zero attached hydrogens (tertiary/aromatic N) is 6. The second-order valence-corrected chi connectivity index (χ2v) is 7.05. The molecule has 0 aliphatic heterocycles. The average molecular weight is 374 g/mol. The molecule has 0 aliphatic rings. The van der Waals surface area contributed by atoms with Crippen molar-refractivity contribution in [3.8, 4) is 5.95 Å². The Morgan fingerprint density at radius 3 is 2.33 bits per heavy atom. The molecule has 0 saturated heterocycles. The van der Waals surface area contributed by atoms with E-state index in [0.29, 0.717) is 17.1 Å². The van der Waals surface area contributed by atoms with Crippen LogP contribution in [0.3, 0.4) is 0 Å². The predicted octanol–water partition coefficient (Wildman–Crippen LogP) is 1.23. The average Bonchev–Trinajstić information content (AvgIpc) is 3.14. The van der Waals surface area contributed by atoms with Crippen molar-refractivity contribution in [1.82, 2.24) is 28.5 Å². The van der Waals surface area contributed by atoms with E-state index in [0.717, 1.165) is 17.0 Å². The minimum atomic E-state index is -0.408. The summed E-state index contributed by atoms with van der Waals surface area (Å²) in [5.41, 5.74) is 2.90. The lowest BCUT2D eigenvalue weighted by Crippen LogP contribution is -2.40. The van der Waals surface area contributed by atoms with Crippen molar-refractivity contribution < 1.29 is 4.74 Å². The van der Waals surface area contributed by atoms with E-state index in [-0.39, 0.29) is 24.8 Å². The van der Waals surface area contributed by atoms with Gasteiger partial charge in [-0.2, -0.15) is 10.1 Å². The van der Waals surface area contributed by atoms with E-state index in [2.05, 4.69) is 10.1 Å². The Bertz CT molecular complexity index is 1130. The first-order chi connectivity index (χ1) is 12.7. The van der Waals surface area contributed by atoms with Gasteiger partial charge < -0.3 is 4.74 Å². The van der Waals surface area contributed by atoms with E-state index in [1.807, 2.05) is 39.2 Å². The Kier molecular flexibility index (Phi) is 4.81. The lowest BCUT2D eigenvalue weighted by Gasteiger charge is -2.14. The van der Waals surface area contributed by atoms with Crippen LogP contribution in [0.25, 0.3) is 17.1 Å². The van der Waals surface area contributed by atoms with Crippen LogP contribution < -0.4 is 11.2 Å². The van der Waals surface area contributed by atoms with E-state index in [9.17, 15) is 9.59 Å². The molecule has 0 spiro atoms. The van der Waals surface area contributed by atoms with Crippen molar-refractivity contribution >= 4 is 11.2 Å². The van der Waals surface area contributed by atoms with Crippen molar-refractivity contribution in [3.63, 3.8) is 0 Å². The first kappa shape index (κ1) is 19.1. The number of fused-ring (bicyclic) bond motifs is 1. The molecule has 0 N–H and O–H groups in total. The van der Waals surface area contributed by atoms with Gasteiger partial charge >= 0.3 is 5.69 Å². The van der Waals surface area contributed by atoms with Crippen LogP contribution >= 0.6 is 0 Å². The Labute approximate surface area is 156 Å². The molecule has 0 unspecified atom stereocenters. The van der Waals surface area contributed by atoms with Crippen molar-refractivity contribution in [2.45, 2.75) is 47.2 Å². The topological polar surface area (TPSA) is 88.9 Å². The highest BCUT2D eigenvalue weighted by atomic mass is 16.5. The number of ether oxygens (including phenoxy) is 1. The number of methoxy groups -OCH3 is 1. The summed E-state index contributed by atoms with van der Waals surface area (Å²) in [4.78, 5) is 30.4. The van der Waals surface area contributed by atoms with E-state index < -0.39 is 5.69 Å². The lowest BCUT2D eigenvalue weighted by atomic mass is 10.2. The summed E-state index contributed by atoms with van der Waals surface area (Å²) in [5.74, 6) is 0.533. The number of aryl methyl sites for hydroxylation is 2. The highest BCUT2D eigenvalue weighted by Gasteiger charge is 2.24. The van der Waals surface area contributed by atoms with Crippen molar-refractivity contribution in [2.75, 3.05) is 13.7 Å². The molecule has 0 radical (unpaired) electrons. The third-order valence-corrected chi connectivity index (χ3v) is 5.04. The van der Waals surface area contributed by atoms with E-state index in [1.54, 1.807) is 11.7 Å². The van der Waals surface area contributed by atoms with Crippen LogP contribution in [0, 0.1) is 20.8 Å². The van der Waals surface area contributed by atoms with Crippen LogP contribution in [0.4, 0.5) is 0 Å². The molecule has 27 heavy (non-hydrogen) atoms. The molecule has 0 atom stereocenters. The van der Waals surface area contributed by atoms with Gasteiger partial charge in [-0.3, -0.25) is 18.5 Å². The molecule has 0 aromatic carbocycles. The van der Waals surface area contributed by atoms with Gasteiger partial charge in [-0.1, -0.05) is 0 Å². The van der Waals surface area contributed by atoms with E-state index in [4.69, 9.17) is 4.74 Å². The molecule has 0 bridgehead atoms. The highest BCUT2D eigenvalue weighted by molar-refractivity contribution is 5.73. The molecule has 146 valence electrons. The number of hydrogen-bond donors (Lipinski definition) is 0. The van der Waals surface area contributed by atoms with Gasteiger partial charge in [-0.25, -0.2) is 9.48 Å². The summed E-state index contributed by atoms with van der Waals surface area (Å²) >= 11 is 0. The van der Waals surface area contributed by atoms with Gasteiger partial charge in [0.15, 0.2) is 11.2 Å². The summed E-state index contributed by atoms with van der Waals surface area (Å²) in [5, 5.41) is 4.59. The number of rotatable bonds is 5. The number of aromatic nitrogens is 6. The molecule has 0 aliphatic carbocycles. The van der Waals surface area contributed by atoms with Crippen LogP contribution in [-0.2, 0) is 18.3 Å². The third kappa shape index (κ3) is 2.82. The van der Waals surface area contributed by atoms with Crippen LogP contribution in [0.1, 0.15) is 36.8 Å². The fourth-order valence-electron chi connectivity index (χ4n) is 3.26. The Hall–Kier alpha value is -2.68. The van der Waals surface area contributed by atoms with Gasteiger partial charge in [-0.15, -0.1) is 0 Å². The van der Waals surface area contributed by atoms with Crippen molar-refractivity contribution in [1.29, 1.82) is 0 Å². The van der Waals surface area contributed by atoms with Gasteiger partial charge in [0.1, 0.15) is 0 Å². The second-order valence-electron chi connectivity index (χ2n) is 7.05. The molecule has 3 rings (SSSR count). The van der Waals surface area contributed by atoms with Crippen LogP contribution in [0.5, 0.6) is 0 Å². The fraction of sp³-hybridized carbons (Fsp3) is 0.556. The molecular weight excluding hydrogens is 348 g/mol. The summed E-state index contributed by atoms with van der Waals surface area (Å²) < 4.78 is 11.2. The fourth-order valence-corrected chi connectivity index (χ4v) is 3.26. The molecule has 3 aromatic heterocycles. The molecular formula is C18H26N6O3. The minimum absolute atomic E-state index is 0.0460. The van der Waals surface area contributed by atoms with Gasteiger partial charge in [0.05, 0.1) is 18.8 Å². The molecule has 3 heterocycles. The normalized spacial score (nSPS) is 11.9. The Morgan fingerprint density at radius 2 is 1.81 bits per heavy atom. The van der Waals surface area contributed by atoms with Crippen LogP contribution in [0.15, 0.2) is 9.59 Å². The van der Waals surface area contributed by atoms with Crippen LogP contribution in [-0.4, -0.2) is 42.2 Å². The third-order valence-electron chi connectivity index (χ3n) is 5.04. The van der Waals surface area contributed by atoms with Gasteiger partial charge in [0.25, 0.3) is 5.56 Å². The molecule has 3 aromatic rings. The standard InChI is InChI=1S/C18H26N6O3/c1-10(2)23-14-15(19-17(23)24-13(5)11(3)12(4)20-24)21(6)18(26)22(16(14)25)8-9-27-7/h10H,8-9H2,1-7H3. The van der Waals surface area contributed by atoms with Gasteiger partial charge in [0, 0.05) is 25.9 Å². The summed E-state index contributed by atoms with van der Waals surface area (Å²) in [6, 6.07) is -0.0460. The Morgan fingerprint density at radius 1 is 1.15 bits per heavy atom. The van der Waals surface area contributed by atoms with E-state index >= 15 is 0 Å². The molecule has 0 fully saturated rings. The molecule has 9 heteroatoms. The highest BCUT2D eigenvalue weighted by Crippen LogP contribution is 2.23. The zero-order valence-corrected chi connectivity index (χ0v) is 16.9. The zero-order valence-electron chi connectivity index (χ0n) is 16.9. The molecule has 0 saturated carbocycles. The first-order valence-electron chi connectivity index (χ1n) is 8.94. The zero-order chi connectivity index (χ0) is 20.0. The predicted molar refractivity (Wildman–Crippen MR) is 103 cm³/mol. The lowest BCUT2D eigenvalue weighted by molar-refractivity contribution is 0.184. The summed E-state index contributed by atoms with van der Waals surface area (Å²) in [6.45, 7) is 10.3. The molecule has 0 amide bonds. The summed E-state index contributed by atoms with van der Waals surface area (Å²) in [7, 11) is 3.16. The monoisotopic (exact) mass is 374 g/mol. The second kappa shape index (κ2) is 6.80. The number of hydrogen-bond acceptors (Lipinski definition) is 5. The molecule has 9 nitrogen and oxygen atoms in total. The minimum Gasteiger partial charge on any atom is -0.383 e. The first-order valence-corrected chi connectivity index (χ1v) is 8.94. The quantitative estimate of drug-likeness (QED) is 0.670. The maximum absolute atomic E-state index is 13.1. The Balaban J connectivity index is 2.44. The number of imidazole rings is 1. The smallest absolute Gasteiger partial charge is 0.332 e. The maximum Gasteiger partial charge on any atom is 0.332 e. The van der Waals surface area contributed by atoms with Crippen LogP contribution in [0.2, 0.25) is 0 Å².